The number of pyridine rings is 1. The van der Waals surface area contributed by atoms with Crippen molar-refractivity contribution in [3.05, 3.63) is 53.7 Å². The Morgan fingerprint density at radius 1 is 1.29 bits per heavy atom. The van der Waals surface area contributed by atoms with Crippen LogP contribution < -0.4 is 10.6 Å². The van der Waals surface area contributed by atoms with E-state index >= 15 is 0 Å². The van der Waals surface area contributed by atoms with Crippen molar-refractivity contribution in [2.75, 3.05) is 10.6 Å². The van der Waals surface area contributed by atoms with Gasteiger partial charge in [0.1, 0.15) is 5.82 Å². The van der Waals surface area contributed by atoms with Crippen molar-refractivity contribution in [2.45, 2.75) is 32.2 Å². The molecule has 2 aromatic rings. The highest BCUT2D eigenvalue weighted by atomic mass is 16.1. The molecule has 0 saturated heterocycles. The molecular weight excluding hydrogens is 262 g/mol. The summed E-state index contributed by atoms with van der Waals surface area (Å²) >= 11 is 0. The van der Waals surface area contributed by atoms with Gasteiger partial charge >= 0.3 is 0 Å². The summed E-state index contributed by atoms with van der Waals surface area (Å²) in [6.07, 6.45) is 4.51. The monoisotopic (exact) mass is 281 g/mol. The molecule has 1 heterocycles. The third-order valence-electron chi connectivity index (χ3n) is 3.42. The minimum atomic E-state index is -0.0229. The van der Waals surface area contributed by atoms with Crippen molar-refractivity contribution in [2.24, 2.45) is 0 Å². The Bertz CT molecular complexity index is 633. The molecule has 1 saturated carbocycles. The highest BCUT2D eigenvalue weighted by Crippen LogP contribution is 2.23. The van der Waals surface area contributed by atoms with Crippen molar-refractivity contribution < 1.29 is 4.79 Å². The van der Waals surface area contributed by atoms with Gasteiger partial charge in [-0.15, -0.1) is 0 Å². The molecule has 3 rings (SSSR count). The van der Waals surface area contributed by atoms with E-state index in [-0.39, 0.29) is 5.91 Å². The van der Waals surface area contributed by atoms with E-state index < -0.39 is 0 Å². The van der Waals surface area contributed by atoms with Crippen LogP contribution >= 0.6 is 0 Å². The van der Waals surface area contributed by atoms with E-state index in [9.17, 15) is 4.79 Å². The molecule has 0 spiro atoms. The molecule has 1 fully saturated rings. The predicted molar refractivity (Wildman–Crippen MR) is 84.4 cm³/mol. The Morgan fingerprint density at radius 3 is 2.81 bits per heavy atom. The van der Waals surface area contributed by atoms with Crippen LogP contribution in [0.25, 0.3) is 0 Å². The lowest BCUT2D eigenvalue weighted by molar-refractivity contribution is -0.115. The largest absolute Gasteiger partial charge is 0.367 e. The van der Waals surface area contributed by atoms with Crippen LogP contribution in [0.3, 0.4) is 0 Å². The molecule has 0 radical (unpaired) electrons. The number of carbonyl (C=O) groups is 1. The molecule has 1 amide bonds. The van der Waals surface area contributed by atoms with E-state index in [1.54, 1.807) is 6.20 Å². The molecule has 0 atom stereocenters. The van der Waals surface area contributed by atoms with Gasteiger partial charge in [0.2, 0.25) is 5.91 Å². The van der Waals surface area contributed by atoms with E-state index in [2.05, 4.69) is 15.6 Å². The summed E-state index contributed by atoms with van der Waals surface area (Å²) in [6, 6.07) is 12.4. The summed E-state index contributed by atoms with van der Waals surface area (Å²) in [4.78, 5) is 16.3. The second-order valence-corrected chi connectivity index (χ2v) is 5.56. The molecule has 1 aromatic carbocycles. The summed E-state index contributed by atoms with van der Waals surface area (Å²) in [5.41, 5.74) is 2.92. The number of benzene rings is 1. The standard InChI is InChI=1S/C17H19N3O/c1-12-3-2-4-13(9-12)10-17(21)20-15-7-8-16(18-11-15)19-14-5-6-14/h2-4,7-9,11,14H,5-6,10H2,1H3,(H,18,19)(H,20,21). The fourth-order valence-corrected chi connectivity index (χ4v) is 2.20. The quantitative estimate of drug-likeness (QED) is 0.885. The number of aryl methyl sites for hydroxylation is 1. The number of nitrogens with zero attached hydrogens (tertiary/aromatic N) is 1. The fourth-order valence-electron chi connectivity index (χ4n) is 2.20. The maximum absolute atomic E-state index is 12.0. The molecule has 2 N–H and O–H groups in total. The summed E-state index contributed by atoms with van der Waals surface area (Å²) in [5, 5.41) is 6.20. The number of aromatic nitrogens is 1. The second kappa shape index (κ2) is 5.95. The first-order valence-electron chi connectivity index (χ1n) is 7.27. The van der Waals surface area contributed by atoms with Gasteiger partial charge in [0.25, 0.3) is 0 Å². The Hall–Kier alpha value is -2.36. The molecule has 1 aromatic heterocycles. The number of hydrogen-bond acceptors (Lipinski definition) is 3. The smallest absolute Gasteiger partial charge is 0.228 e. The van der Waals surface area contributed by atoms with Crippen LogP contribution in [0.15, 0.2) is 42.6 Å². The topological polar surface area (TPSA) is 54.0 Å². The van der Waals surface area contributed by atoms with Gasteiger partial charge in [-0.05, 0) is 37.5 Å². The number of amides is 1. The SMILES string of the molecule is Cc1cccc(CC(=O)Nc2ccc(NC3CC3)nc2)c1. The first-order chi connectivity index (χ1) is 10.2. The maximum Gasteiger partial charge on any atom is 0.228 e. The molecule has 108 valence electrons. The van der Waals surface area contributed by atoms with Crippen LogP contribution in [0.4, 0.5) is 11.5 Å². The Morgan fingerprint density at radius 2 is 2.14 bits per heavy atom. The zero-order chi connectivity index (χ0) is 14.7. The van der Waals surface area contributed by atoms with Crippen molar-refractivity contribution in [1.82, 2.24) is 4.98 Å². The van der Waals surface area contributed by atoms with Crippen LogP contribution in [0.1, 0.15) is 24.0 Å². The van der Waals surface area contributed by atoms with Gasteiger partial charge < -0.3 is 10.6 Å². The van der Waals surface area contributed by atoms with Crippen LogP contribution in [0.5, 0.6) is 0 Å². The maximum atomic E-state index is 12.0. The lowest BCUT2D eigenvalue weighted by Gasteiger charge is -2.07. The highest BCUT2D eigenvalue weighted by molar-refractivity contribution is 5.92. The highest BCUT2D eigenvalue weighted by Gasteiger charge is 2.21. The van der Waals surface area contributed by atoms with Gasteiger partial charge in [0.05, 0.1) is 18.3 Å². The fraction of sp³-hybridized carbons (Fsp3) is 0.294. The number of nitrogens with one attached hydrogen (secondary N) is 2. The Balaban J connectivity index is 1.56. The van der Waals surface area contributed by atoms with Gasteiger partial charge in [-0.1, -0.05) is 29.8 Å². The number of rotatable bonds is 5. The minimum absolute atomic E-state index is 0.0229. The molecule has 4 heteroatoms. The minimum Gasteiger partial charge on any atom is -0.367 e. The molecule has 1 aliphatic rings. The van der Waals surface area contributed by atoms with E-state index in [4.69, 9.17) is 0 Å². The van der Waals surface area contributed by atoms with Gasteiger partial charge in [-0.2, -0.15) is 0 Å². The van der Waals surface area contributed by atoms with Crippen molar-refractivity contribution in [3.8, 4) is 0 Å². The number of hydrogen-bond donors (Lipinski definition) is 2. The first-order valence-corrected chi connectivity index (χ1v) is 7.27. The van der Waals surface area contributed by atoms with Crippen LogP contribution in [0.2, 0.25) is 0 Å². The predicted octanol–water partition coefficient (Wildman–Crippen LogP) is 3.15. The van der Waals surface area contributed by atoms with E-state index in [0.29, 0.717) is 12.5 Å². The van der Waals surface area contributed by atoms with Crippen molar-refractivity contribution in [1.29, 1.82) is 0 Å². The lowest BCUT2D eigenvalue weighted by atomic mass is 10.1. The lowest BCUT2D eigenvalue weighted by Crippen LogP contribution is -2.14. The summed E-state index contributed by atoms with van der Waals surface area (Å²) < 4.78 is 0. The summed E-state index contributed by atoms with van der Waals surface area (Å²) in [6.45, 7) is 2.02. The van der Waals surface area contributed by atoms with Gasteiger partial charge in [0.15, 0.2) is 0 Å². The Labute approximate surface area is 124 Å². The van der Waals surface area contributed by atoms with Gasteiger partial charge in [-0.3, -0.25) is 4.79 Å². The van der Waals surface area contributed by atoms with Crippen LogP contribution in [0, 0.1) is 6.92 Å². The van der Waals surface area contributed by atoms with Crippen LogP contribution in [-0.4, -0.2) is 16.9 Å². The van der Waals surface area contributed by atoms with E-state index in [0.717, 1.165) is 22.6 Å². The molecule has 0 aliphatic heterocycles. The number of carbonyl (C=O) groups excluding carboxylic acids is 1. The third kappa shape index (κ3) is 4.05. The number of anilines is 2. The first kappa shape index (κ1) is 13.6. The van der Waals surface area contributed by atoms with E-state index in [1.807, 2.05) is 43.3 Å². The average Bonchev–Trinajstić information content (AvgIpc) is 3.25. The zero-order valence-corrected chi connectivity index (χ0v) is 12.1. The Kier molecular flexibility index (Phi) is 3.86. The summed E-state index contributed by atoms with van der Waals surface area (Å²) in [7, 11) is 0. The molecule has 21 heavy (non-hydrogen) atoms. The molecule has 0 unspecified atom stereocenters. The van der Waals surface area contributed by atoms with Gasteiger partial charge in [-0.25, -0.2) is 4.98 Å². The van der Waals surface area contributed by atoms with Crippen LogP contribution in [-0.2, 0) is 11.2 Å². The normalized spacial score (nSPS) is 13.8. The van der Waals surface area contributed by atoms with E-state index in [1.165, 1.54) is 12.8 Å². The summed E-state index contributed by atoms with van der Waals surface area (Å²) in [5.74, 6) is 0.847. The van der Waals surface area contributed by atoms with Crippen molar-refractivity contribution >= 4 is 17.4 Å². The zero-order valence-electron chi connectivity index (χ0n) is 12.1. The average molecular weight is 281 g/mol. The molecule has 4 nitrogen and oxygen atoms in total. The molecule has 1 aliphatic carbocycles. The van der Waals surface area contributed by atoms with Crippen molar-refractivity contribution in [3.63, 3.8) is 0 Å². The second-order valence-electron chi connectivity index (χ2n) is 5.56. The molecule has 0 bridgehead atoms. The molecular formula is C17H19N3O. The third-order valence-corrected chi connectivity index (χ3v) is 3.42. The van der Waals surface area contributed by atoms with Gasteiger partial charge in [0, 0.05) is 6.04 Å².